The molecule has 1 heterocycles. The number of imidazole rings is 1. The van der Waals surface area contributed by atoms with Gasteiger partial charge >= 0.3 is 6.15 Å². The Kier molecular flexibility index (Phi) is 7.76. The Balaban J connectivity index is 0.000000878. The van der Waals surface area contributed by atoms with Crippen molar-refractivity contribution in [3.05, 3.63) is 64.8 Å². The molecular formula is C17H12FN3O5S2. The van der Waals surface area contributed by atoms with Crippen molar-refractivity contribution in [2.75, 3.05) is 7.11 Å². The largest absolute Gasteiger partial charge is 0.497 e. The van der Waals surface area contributed by atoms with E-state index in [1.165, 1.54) is 41.2 Å². The van der Waals surface area contributed by atoms with Gasteiger partial charge in [0.1, 0.15) is 5.75 Å². The number of methoxy groups -OCH3 is 1. The predicted molar refractivity (Wildman–Crippen MR) is 101 cm³/mol. The molecule has 11 heteroatoms. The second-order valence-electron chi connectivity index (χ2n) is 4.93. The summed E-state index contributed by atoms with van der Waals surface area (Å²) < 4.78 is 19.8. The molecule has 0 atom stereocenters. The molecule has 0 saturated heterocycles. The molecule has 0 aliphatic heterocycles. The number of benzene rings is 2. The first-order chi connectivity index (χ1) is 13.5. The van der Waals surface area contributed by atoms with Gasteiger partial charge in [-0.1, -0.05) is 30.0 Å². The zero-order valence-corrected chi connectivity index (χ0v) is 15.9. The first-order valence-electron chi connectivity index (χ1n) is 7.47. The molecule has 0 aliphatic rings. The van der Waals surface area contributed by atoms with Crippen LogP contribution in [0.15, 0.2) is 64.8 Å². The summed E-state index contributed by atoms with van der Waals surface area (Å²) in [5, 5.41) is 11.8. The highest BCUT2D eigenvalue weighted by Crippen LogP contribution is 2.38. The molecular weight excluding hydrogens is 409 g/mol. The molecule has 0 saturated carbocycles. The highest BCUT2D eigenvalue weighted by atomic mass is 32.2. The van der Waals surface area contributed by atoms with Crippen molar-refractivity contribution < 1.29 is 23.1 Å². The van der Waals surface area contributed by atoms with Gasteiger partial charge in [-0.2, -0.15) is 9.59 Å². The Bertz CT molecular complexity index is 992. The standard InChI is InChI=1S/C16H12FN3O3S2.CO2/c1-23-11-7-8-13(14(9-11)20(21)22)15-10-18-16(19(15)25-17)24-12-5-3-2-4-6-12;2-1-3/h2-10H,1H3;. The number of nitro groups is 1. The average molecular weight is 421 g/mol. The molecule has 0 fully saturated rings. The fraction of sp³-hybridized carbons (Fsp3) is 0.0588. The van der Waals surface area contributed by atoms with Crippen LogP contribution in [0.4, 0.5) is 9.57 Å². The lowest BCUT2D eigenvalue weighted by Gasteiger charge is -2.07. The number of nitro benzene ring substituents is 1. The van der Waals surface area contributed by atoms with E-state index in [-0.39, 0.29) is 29.7 Å². The summed E-state index contributed by atoms with van der Waals surface area (Å²) in [4.78, 5) is 32.2. The molecule has 3 aromatic rings. The summed E-state index contributed by atoms with van der Waals surface area (Å²) in [6.07, 6.45) is 1.67. The number of aromatic nitrogens is 2. The number of ether oxygens (including phenoxy) is 1. The van der Waals surface area contributed by atoms with E-state index in [9.17, 15) is 14.0 Å². The van der Waals surface area contributed by atoms with Crippen molar-refractivity contribution in [2.24, 2.45) is 0 Å². The lowest BCUT2D eigenvalue weighted by molar-refractivity contribution is -0.384. The summed E-state index contributed by atoms with van der Waals surface area (Å²) in [6, 6.07) is 13.8. The molecule has 0 spiro atoms. The molecule has 0 amide bonds. The van der Waals surface area contributed by atoms with Crippen molar-refractivity contribution in [1.82, 2.24) is 8.96 Å². The van der Waals surface area contributed by atoms with E-state index in [4.69, 9.17) is 14.3 Å². The Labute approximate surface area is 167 Å². The van der Waals surface area contributed by atoms with Crippen LogP contribution in [-0.4, -0.2) is 27.1 Å². The van der Waals surface area contributed by atoms with Gasteiger partial charge < -0.3 is 4.74 Å². The monoisotopic (exact) mass is 421 g/mol. The lowest BCUT2D eigenvalue weighted by Crippen LogP contribution is -1.97. The second-order valence-corrected chi connectivity index (χ2v) is 6.47. The van der Waals surface area contributed by atoms with E-state index in [1.807, 2.05) is 30.3 Å². The van der Waals surface area contributed by atoms with Gasteiger partial charge in [0.2, 0.25) is 0 Å². The fourth-order valence-corrected chi connectivity index (χ4v) is 3.55. The van der Waals surface area contributed by atoms with Gasteiger partial charge in [-0.15, -0.1) is 3.89 Å². The van der Waals surface area contributed by atoms with Crippen LogP contribution in [0, 0.1) is 10.1 Å². The Morgan fingerprint density at radius 1 is 1.21 bits per heavy atom. The van der Waals surface area contributed by atoms with Crippen LogP contribution in [-0.2, 0) is 9.59 Å². The summed E-state index contributed by atoms with van der Waals surface area (Å²) in [6.45, 7) is 0. The number of rotatable bonds is 6. The number of nitrogens with zero attached hydrogens (tertiary/aromatic N) is 3. The van der Waals surface area contributed by atoms with Crippen LogP contribution in [0.5, 0.6) is 5.75 Å². The normalized spacial score (nSPS) is 9.79. The third-order valence-electron chi connectivity index (χ3n) is 3.39. The molecule has 0 bridgehead atoms. The summed E-state index contributed by atoms with van der Waals surface area (Å²) >= 11 is 1.23. The minimum atomic E-state index is -0.526. The van der Waals surface area contributed by atoms with Crippen LogP contribution in [0.2, 0.25) is 0 Å². The van der Waals surface area contributed by atoms with Crippen LogP contribution in [0.25, 0.3) is 11.3 Å². The average Bonchev–Trinajstić information content (AvgIpc) is 3.11. The second kappa shape index (κ2) is 10.3. The molecule has 0 radical (unpaired) electrons. The molecule has 144 valence electrons. The number of hydrogen-bond acceptors (Lipinski definition) is 8. The van der Waals surface area contributed by atoms with Crippen molar-refractivity contribution in [3.8, 4) is 17.0 Å². The highest BCUT2D eigenvalue weighted by Gasteiger charge is 2.22. The minimum Gasteiger partial charge on any atom is -0.497 e. The van der Waals surface area contributed by atoms with E-state index in [2.05, 4.69) is 4.98 Å². The predicted octanol–water partition coefficient (Wildman–Crippen LogP) is 4.42. The van der Waals surface area contributed by atoms with Gasteiger partial charge in [-0.3, -0.25) is 10.1 Å². The number of carbonyl (C=O) groups excluding carboxylic acids is 2. The van der Waals surface area contributed by atoms with Gasteiger partial charge in [0, 0.05) is 4.90 Å². The minimum absolute atomic E-state index is 0.0474. The molecule has 2 aromatic carbocycles. The summed E-state index contributed by atoms with van der Waals surface area (Å²) in [5.74, 6) is 0.355. The third-order valence-corrected chi connectivity index (χ3v) is 4.99. The maximum Gasteiger partial charge on any atom is 0.373 e. The van der Waals surface area contributed by atoms with E-state index in [0.29, 0.717) is 16.6 Å². The molecule has 0 N–H and O–H groups in total. The first-order valence-corrected chi connectivity index (χ1v) is 8.96. The van der Waals surface area contributed by atoms with Crippen molar-refractivity contribution in [1.29, 1.82) is 0 Å². The lowest BCUT2D eigenvalue weighted by atomic mass is 10.1. The van der Waals surface area contributed by atoms with Gasteiger partial charge in [0.25, 0.3) is 5.69 Å². The fourth-order valence-electron chi connectivity index (χ4n) is 2.24. The van der Waals surface area contributed by atoms with E-state index < -0.39 is 4.92 Å². The maximum atomic E-state index is 13.6. The molecule has 28 heavy (non-hydrogen) atoms. The maximum absolute atomic E-state index is 13.6. The Morgan fingerprint density at radius 3 is 2.46 bits per heavy atom. The highest BCUT2D eigenvalue weighted by molar-refractivity contribution is 8.00. The molecule has 1 aromatic heterocycles. The number of halogens is 1. The Hall–Kier alpha value is -3.14. The zero-order valence-electron chi connectivity index (χ0n) is 14.3. The van der Waals surface area contributed by atoms with Gasteiger partial charge in [0.05, 0.1) is 35.6 Å². The molecule has 0 unspecified atom stereocenters. The molecule has 0 aliphatic carbocycles. The number of hydrogen-bond donors (Lipinski definition) is 0. The van der Waals surface area contributed by atoms with Gasteiger partial charge in [-0.25, -0.2) is 8.96 Å². The van der Waals surface area contributed by atoms with E-state index >= 15 is 0 Å². The summed E-state index contributed by atoms with van der Waals surface area (Å²) in [5.41, 5.74) is 0.398. The molecule has 3 rings (SSSR count). The van der Waals surface area contributed by atoms with Crippen LogP contribution in [0.3, 0.4) is 0 Å². The SMILES string of the molecule is COc1ccc(-c2cnc(Sc3ccccc3)n2SF)c([N+](=O)[O-])c1.O=C=O. The first kappa shape index (κ1) is 21.2. The van der Waals surface area contributed by atoms with E-state index in [0.717, 1.165) is 4.90 Å². The topological polar surface area (TPSA) is 104 Å². The van der Waals surface area contributed by atoms with Gasteiger partial charge in [0.15, 0.2) is 17.5 Å². The molecule has 8 nitrogen and oxygen atoms in total. The van der Waals surface area contributed by atoms with Crippen LogP contribution >= 0.6 is 24.1 Å². The zero-order chi connectivity index (χ0) is 20.5. The Morgan fingerprint density at radius 2 is 1.89 bits per heavy atom. The van der Waals surface area contributed by atoms with Crippen molar-refractivity contribution in [2.45, 2.75) is 10.1 Å². The smallest absolute Gasteiger partial charge is 0.373 e. The van der Waals surface area contributed by atoms with Crippen molar-refractivity contribution >= 4 is 35.9 Å². The van der Waals surface area contributed by atoms with Crippen LogP contribution in [0.1, 0.15) is 0 Å². The third kappa shape index (κ3) is 4.97. The van der Waals surface area contributed by atoms with E-state index in [1.54, 1.807) is 6.07 Å². The summed E-state index contributed by atoms with van der Waals surface area (Å²) in [7, 11) is 1.43. The van der Waals surface area contributed by atoms with Gasteiger partial charge in [-0.05, 0) is 24.3 Å². The van der Waals surface area contributed by atoms with Crippen molar-refractivity contribution in [3.63, 3.8) is 0 Å². The van der Waals surface area contributed by atoms with Crippen LogP contribution < -0.4 is 4.74 Å². The quantitative estimate of drug-likeness (QED) is 0.426.